The highest BCUT2D eigenvalue weighted by molar-refractivity contribution is 5.84. The van der Waals surface area contributed by atoms with E-state index in [1.807, 2.05) is 55.6 Å². The van der Waals surface area contributed by atoms with E-state index in [1.54, 1.807) is 0 Å². The van der Waals surface area contributed by atoms with Crippen LogP contribution in [0.4, 0.5) is 0 Å². The molecule has 0 aliphatic carbocycles. The molecule has 2 N–H and O–H groups in total. The molecule has 0 spiro atoms. The maximum absolute atomic E-state index is 12.5. The van der Waals surface area contributed by atoms with E-state index in [1.165, 1.54) is 0 Å². The van der Waals surface area contributed by atoms with Gasteiger partial charge in [0.1, 0.15) is 5.76 Å². The van der Waals surface area contributed by atoms with Crippen molar-refractivity contribution in [3.8, 4) is 23.0 Å². The number of benzene rings is 2. The fraction of sp³-hybridized carbons (Fsp3) is 0.182. The van der Waals surface area contributed by atoms with Gasteiger partial charge in [-0.05, 0) is 36.8 Å². The van der Waals surface area contributed by atoms with Crippen LogP contribution in [0.2, 0.25) is 0 Å². The minimum absolute atomic E-state index is 0.107. The molecule has 0 saturated heterocycles. The smallest absolute Gasteiger partial charge is 0.231 e. The van der Waals surface area contributed by atoms with Crippen molar-refractivity contribution in [3.05, 3.63) is 65.7 Å². The summed E-state index contributed by atoms with van der Waals surface area (Å²) in [6.07, 6.45) is 2.08. The second kappa shape index (κ2) is 7.01. The number of aromatic amines is 1. The monoisotopic (exact) mass is 389 g/mol. The Morgan fingerprint density at radius 1 is 1.17 bits per heavy atom. The number of hydrogen-bond acceptors (Lipinski definition) is 5. The van der Waals surface area contributed by atoms with E-state index >= 15 is 0 Å². The Morgan fingerprint density at radius 2 is 2.03 bits per heavy atom. The number of carbonyl (C=O) groups excluding carboxylic acids is 1. The Kier molecular flexibility index (Phi) is 4.20. The fourth-order valence-corrected chi connectivity index (χ4v) is 3.43. The number of nitrogens with one attached hydrogen (secondary N) is 2. The Hall–Kier alpha value is -3.74. The number of fused-ring (bicyclic) bond motifs is 2. The van der Waals surface area contributed by atoms with E-state index in [-0.39, 0.29) is 19.1 Å². The van der Waals surface area contributed by atoms with Gasteiger partial charge in [0.2, 0.25) is 18.6 Å². The van der Waals surface area contributed by atoms with Crippen LogP contribution < -0.4 is 14.8 Å². The molecule has 0 fully saturated rings. The van der Waals surface area contributed by atoms with Crippen LogP contribution in [0, 0.1) is 6.92 Å². The molecule has 1 amide bonds. The van der Waals surface area contributed by atoms with E-state index < -0.39 is 0 Å². The molecule has 0 saturated carbocycles. The van der Waals surface area contributed by atoms with E-state index in [4.69, 9.17) is 13.9 Å². The van der Waals surface area contributed by atoms with Gasteiger partial charge in [-0.3, -0.25) is 4.79 Å². The van der Waals surface area contributed by atoms with Gasteiger partial charge < -0.3 is 24.2 Å². The molecule has 146 valence electrons. The van der Waals surface area contributed by atoms with Crippen LogP contribution in [0.15, 0.2) is 53.1 Å². The topological polar surface area (TPSA) is 89.4 Å². The van der Waals surface area contributed by atoms with Crippen molar-refractivity contribution in [2.45, 2.75) is 19.9 Å². The number of hydrogen-bond donors (Lipinski definition) is 2. The molecule has 5 rings (SSSR count). The summed E-state index contributed by atoms with van der Waals surface area (Å²) in [5.41, 5.74) is 3.50. The maximum Gasteiger partial charge on any atom is 0.231 e. The molecule has 7 heteroatoms. The predicted molar refractivity (Wildman–Crippen MR) is 107 cm³/mol. The Morgan fingerprint density at radius 3 is 2.97 bits per heavy atom. The molecule has 0 atom stereocenters. The first kappa shape index (κ1) is 17.4. The highest BCUT2D eigenvalue weighted by atomic mass is 16.7. The van der Waals surface area contributed by atoms with E-state index in [0.29, 0.717) is 35.4 Å². The van der Waals surface area contributed by atoms with Crippen molar-refractivity contribution in [1.29, 1.82) is 0 Å². The first-order chi connectivity index (χ1) is 14.2. The third-order valence-corrected chi connectivity index (χ3v) is 4.99. The number of rotatable bonds is 5. The Bertz CT molecular complexity index is 1210. The van der Waals surface area contributed by atoms with Gasteiger partial charge in [0, 0.05) is 29.2 Å². The number of oxazole rings is 1. The van der Waals surface area contributed by atoms with Gasteiger partial charge in [0.25, 0.3) is 0 Å². The molecular formula is C22H19N3O4. The SMILES string of the molecule is Cc1oc(-c2ccc3c(c2)OCO3)nc1CC(=O)NCc1c[nH]c2ccccc12. The first-order valence-corrected chi connectivity index (χ1v) is 9.35. The number of H-pyrrole nitrogens is 1. The number of aromatic nitrogens is 2. The summed E-state index contributed by atoms with van der Waals surface area (Å²) in [6.45, 7) is 2.48. The minimum atomic E-state index is -0.107. The van der Waals surface area contributed by atoms with Crippen molar-refractivity contribution in [1.82, 2.24) is 15.3 Å². The van der Waals surface area contributed by atoms with Gasteiger partial charge in [0.15, 0.2) is 11.5 Å². The fourth-order valence-electron chi connectivity index (χ4n) is 3.43. The highest BCUT2D eigenvalue weighted by Gasteiger charge is 2.18. The number of amides is 1. The number of para-hydroxylation sites is 1. The van der Waals surface area contributed by atoms with Gasteiger partial charge >= 0.3 is 0 Å². The predicted octanol–water partition coefficient (Wildman–Crippen LogP) is 3.72. The van der Waals surface area contributed by atoms with Crippen LogP contribution in [-0.4, -0.2) is 22.7 Å². The molecule has 1 aliphatic rings. The van der Waals surface area contributed by atoms with Crippen LogP contribution >= 0.6 is 0 Å². The largest absolute Gasteiger partial charge is 0.454 e. The molecule has 2 aromatic carbocycles. The van der Waals surface area contributed by atoms with Gasteiger partial charge in [-0.25, -0.2) is 4.98 Å². The number of aryl methyl sites for hydroxylation is 1. The lowest BCUT2D eigenvalue weighted by Gasteiger charge is -2.03. The van der Waals surface area contributed by atoms with E-state index in [0.717, 1.165) is 22.0 Å². The number of carbonyl (C=O) groups is 1. The molecule has 4 aromatic rings. The highest BCUT2D eigenvalue weighted by Crippen LogP contribution is 2.36. The van der Waals surface area contributed by atoms with Crippen molar-refractivity contribution < 1.29 is 18.7 Å². The van der Waals surface area contributed by atoms with Gasteiger partial charge in [0.05, 0.1) is 12.1 Å². The van der Waals surface area contributed by atoms with Crippen LogP contribution in [0.1, 0.15) is 17.0 Å². The molecule has 29 heavy (non-hydrogen) atoms. The molecular weight excluding hydrogens is 370 g/mol. The lowest BCUT2D eigenvalue weighted by molar-refractivity contribution is -0.120. The van der Waals surface area contributed by atoms with E-state index in [9.17, 15) is 4.79 Å². The van der Waals surface area contributed by atoms with E-state index in [2.05, 4.69) is 15.3 Å². The average Bonchev–Trinajstić information content (AvgIpc) is 3.45. The first-order valence-electron chi connectivity index (χ1n) is 9.35. The van der Waals surface area contributed by atoms with Crippen LogP contribution in [0.25, 0.3) is 22.4 Å². The Balaban J connectivity index is 1.27. The van der Waals surface area contributed by atoms with Crippen LogP contribution in [0.5, 0.6) is 11.5 Å². The summed E-state index contributed by atoms with van der Waals surface area (Å²) in [4.78, 5) is 20.2. The summed E-state index contributed by atoms with van der Waals surface area (Å²) in [5, 5.41) is 4.07. The molecule has 1 aliphatic heterocycles. The summed E-state index contributed by atoms with van der Waals surface area (Å²) in [6, 6.07) is 13.5. The Labute approximate surface area is 166 Å². The zero-order valence-corrected chi connectivity index (χ0v) is 15.8. The summed E-state index contributed by atoms with van der Waals surface area (Å²) in [7, 11) is 0. The van der Waals surface area contributed by atoms with Crippen LogP contribution in [-0.2, 0) is 17.8 Å². The average molecular weight is 389 g/mol. The zero-order valence-electron chi connectivity index (χ0n) is 15.8. The lowest BCUT2D eigenvalue weighted by Crippen LogP contribution is -2.24. The zero-order chi connectivity index (χ0) is 19.8. The second-order valence-corrected chi connectivity index (χ2v) is 6.90. The van der Waals surface area contributed by atoms with Crippen LogP contribution in [0.3, 0.4) is 0 Å². The summed E-state index contributed by atoms with van der Waals surface area (Å²) in [5.74, 6) is 2.34. The number of ether oxygens (including phenoxy) is 2. The molecule has 7 nitrogen and oxygen atoms in total. The second-order valence-electron chi connectivity index (χ2n) is 6.90. The lowest BCUT2D eigenvalue weighted by atomic mass is 10.1. The summed E-state index contributed by atoms with van der Waals surface area (Å²) >= 11 is 0. The standard InChI is InChI=1S/C22H19N3O4/c1-13-18(25-22(29-13)14-6-7-19-20(8-14)28-12-27-19)9-21(26)24-11-15-10-23-17-5-3-2-4-16(15)17/h2-8,10,23H,9,11-12H2,1H3,(H,24,26). The van der Waals surface area contributed by atoms with Crippen molar-refractivity contribution in [2.75, 3.05) is 6.79 Å². The summed E-state index contributed by atoms with van der Waals surface area (Å²) < 4.78 is 16.5. The molecule has 2 aromatic heterocycles. The van der Waals surface area contributed by atoms with Crippen molar-refractivity contribution in [3.63, 3.8) is 0 Å². The third kappa shape index (κ3) is 3.31. The molecule has 0 radical (unpaired) electrons. The molecule has 0 bridgehead atoms. The third-order valence-electron chi connectivity index (χ3n) is 4.99. The van der Waals surface area contributed by atoms with Crippen molar-refractivity contribution >= 4 is 16.8 Å². The normalized spacial score (nSPS) is 12.4. The molecule has 0 unspecified atom stereocenters. The van der Waals surface area contributed by atoms with Gasteiger partial charge in [-0.2, -0.15) is 0 Å². The molecule has 3 heterocycles. The number of nitrogens with zero attached hydrogens (tertiary/aromatic N) is 1. The van der Waals surface area contributed by atoms with Crippen molar-refractivity contribution in [2.24, 2.45) is 0 Å². The van der Waals surface area contributed by atoms with Gasteiger partial charge in [-0.1, -0.05) is 18.2 Å². The maximum atomic E-state index is 12.5. The quantitative estimate of drug-likeness (QED) is 0.543. The van der Waals surface area contributed by atoms with Gasteiger partial charge in [-0.15, -0.1) is 0 Å². The minimum Gasteiger partial charge on any atom is -0.454 e.